The monoisotopic (exact) mass is 628 g/mol. The maximum atomic E-state index is 13.2. The van der Waals surface area contributed by atoms with Crippen LogP contribution in [0.2, 0.25) is 0 Å². The van der Waals surface area contributed by atoms with Crippen molar-refractivity contribution in [1.82, 2.24) is 5.32 Å². The van der Waals surface area contributed by atoms with Crippen LogP contribution in [0, 0.1) is 5.82 Å². The maximum absolute atomic E-state index is 13.2. The number of rotatable bonds is 5. The molecule has 0 unspecified atom stereocenters. The molecule has 3 aromatic rings. The van der Waals surface area contributed by atoms with Crippen LogP contribution in [0.5, 0.6) is 5.75 Å². The van der Waals surface area contributed by atoms with Crippen molar-refractivity contribution in [3.63, 3.8) is 0 Å². The molecule has 1 aliphatic rings. The normalized spacial score (nSPS) is 15.0. The number of hydrogen-bond acceptors (Lipinski definition) is 4. The Labute approximate surface area is 207 Å². The second kappa shape index (κ2) is 9.23. The molecule has 0 saturated carbocycles. The van der Waals surface area contributed by atoms with Crippen molar-refractivity contribution in [3.8, 4) is 5.75 Å². The number of furan rings is 1. The summed E-state index contributed by atoms with van der Waals surface area (Å²) in [5.41, 5.74) is 0.737. The van der Waals surface area contributed by atoms with Gasteiger partial charge in [-0.15, -0.1) is 0 Å². The predicted molar refractivity (Wildman–Crippen MR) is 130 cm³/mol. The van der Waals surface area contributed by atoms with E-state index in [4.69, 9.17) is 21.4 Å². The van der Waals surface area contributed by atoms with E-state index in [1.54, 1.807) is 18.2 Å². The van der Waals surface area contributed by atoms with E-state index in [1.165, 1.54) is 29.2 Å². The average molecular weight is 631 g/mol. The number of nitrogens with one attached hydrogen (secondary N) is 1. The minimum Gasteiger partial charge on any atom is -0.483 e. The van der Waals surface area contributed by atoms with Gasteiger partial charge >= 0.3 is 0 Å². The van der Waals surface area contributed by atoms with Crippen molar-refractivity contribution in [2.24, 2.45) is 0 Å². The minimum atomic E-state index is -0.391. The molecule has 0 spiro atoms. The molecule has 1 aromatic heterocycles. The Hall–Kier alpha value is -2.01. The van der Waals surface area contributed by atoms with Crippen LogP contribution in [-0.4, -0.2) is 11.0 Å². The predicted octanol–water partition coefficient (Wildman–Crippen LogP) is 6.55. The number of thiocarbonyl (C=S) groups is 1. The molecular weight excluding hydrogens is 619 g/mol. The highest BCUT2D eigenvalue weighted by atomic mass is 79.9. The standard InChI is InChI=1S/C21H12Br3FN2O3S/c22-11-7-16(23)19(17(24)8-11)29-10-15-6-5-14(30-15)9-18-20(28)27(21(31)26-18)13-3-1-12(25)2-4-13/h1-9H,10H2,(H,26,31)/b18-9+. The van der Waals surface area contributed by atoms with Gasteiger partial charge in [0.1, 0.15) is 35.4 Å². The molecule has 1 N–H and O–H groups in total. The van der Waals surface area contributed by atoms with E-state index in [1.807, 2.05) is 12.1 Å². The van der Waals surface area contributed by atoms with Crippen molar-refractivity contribution in [2.45, 2.75) is 6.61 Å². The lowest BCUT2D eigenvalue weighted by atomic mass is 10.2. The van der Waals surface area contributed by atoms with Gasteiger partial charge in [0.15, 0.2) is 5.11 Å². The van der Waals surface area contributed by atoms with Crippen molar-refractivity contribution in [3.05, 3.63) is 85.0 Å². The zero-order chi connectivity index (χ0) is 22.1. The lowest BCUT2D eigenvalue weighted by Gasteiger charge is -2.13. The fourth-order valence-electron chi connectivity index (χ4n) is 2.86. The highest BCUT2D eigenvalue weighted by Gasteiger charge is 2.32. The van der Waals surface area contributed by atoms with Crippen molar-refractivity contribution in [1.29, 1.82) is 0 Å². The molecule has 31 heavy (non-hydrogen) atoms. The summed E-state index contributed by atoms with van der Waals surface area (Å²) in [7, 11) is 0. The Bertz CT molecular complexity index is 1190. The van der Waals surface area contributed by atoms with Gasteiger partial charge in [0.05, 0.1) is 14.6 Å². The van der Waals surface area contributed by atoms with Gasteiger partial charge < -0.3 is 14.5 Å². The van der Waals surface area contributed by atoms with Gasteiger partial charge in [-0.3, -0.25) is 9.69 Å². The third-order valence-corrected chi connectivity index (χ3v) is 6.17. The minimum absolute atomic E-state index is 0.198. The molecule has 1 fully saturated rings. The lowest BCUT2D eigenvalue weighted by Crippen LogP contribution is -2.30. The van der Waals surface area contributed by atoms with Crippen molar-refractivity contribution < 1.29 is 18.3 Å². The van der Waals surface area contributed by atoms with Crippen molar-refractivity contribution >= 4 is 82.8 Å². The van der Waals surface area contributed by atoms with Crippen LogP contribution in [0.15, 0.2) is 72.1 Å². The van der Waals surface area contributed by atoms with Crippen LogP contribution >= 0.6 is 60.0 Å². The number of nitrogens with zero attached hydrogens (tertiary/aromatic N) is 1. The Kier molecular flexibility index (Phi) is 6.61. The lowest BCUT2D eigenvalue weighted by molar-refractivity contribution is -0.113. The first-order chi connectivity index (χ1) is 14.8. The fraction of sp³-hybridized carbons (Fsp3) is 0.0476. The Morgan fingerprint density at radius 1 is 1.10 bits per heavy atom. The van der Waals surface area contributed by atoms with Crippen LogP contribution in [0.1, 0.15) is 11.5 Å². The molecule has 0 bridgehead atoms. The van der Waals surface area contributed by atoms with Gasteiger partial charge in [0.25, 0.3) is 5.91 Å². The number of amides is 1. The third-order valence-electron chi connectivity index (χ3n) is 4.25. The summed E-state index contributed by atoms with van der Waals surface area (Å²) in [6.45, 7) is 0.198. The quantitative estimate of drug-likeness (QED) is 0.256. The zero-order valence-electron chi connectivity index (χ0n) is 15.5. The molecule has 5 nitrogen and oxygen atoms in total. The third kappa shape index (κ3) is 4.92. The van der Waals surface area contributed by atoms with E-state index in [2.05, 4.69) is 53.1 Å². The molecule has 0 atom stereocenters. The zero-order valence-corrected chi connectivity index (χ0v) is 21.1. The van der Waals surface area contributed by atoms with E-state index in [0.29, 0.717) is 23.0 Å². The topological polar surface area (TPSA) is 54.7 Å². The van der Waals surface area contributed by atoms with Gasteiger partial charge in [-0.2, -0.15) is 0 Å². The number of hydrogen-bond donors (Lipinski definition) is 1. The summed E-state index contributed by atoms with van der Waals surface area (Å²) in [5.74, 6) is 0.947. The van der Waals surface area contributed by atoms with Crippen molar-refractivity contribution in [2.75, 3.05) is 4.90 Å². The molecule has 10 heteroatoms. The highest BCUT2D eigenvalue weighted by molar-refractivity contribution is 9.11. The number of anilines is 1. The molecule has 0 radical (unpaired) electrons. The number of halogens is 4. The van der Waals surface area contributed by atoms with E-state index in [9.17, 15) is 9.18 Å². The highest BCUT2D eigenvalue weighted by Crippen LogP contribution is 2.37. The van der Waals surface area contributed by atoms with Gasteiger partial charge in [0.2, 0.25) is 0 Å². The molecule has 1 aliphatic heterocycles. The largest absolute Gasteiger partial charge is 0.483 e. The van der Waals surface area contributed by atoms with Crippen LogP contribution in [0.25, 0.3) is 6.08 Å². The summed E-state index contributed by atoms with van der Waals surface area (Å²) in [4.78, 5) is 14.1. The number of benzene rings is 2. The van der Waals surface area contributed by atoms with Crippen LogP contribution in [0.4, 0.5) is 10.1 Å². The van der Waals surface area contributed by atoms with Crippen LogP contribution in [0.3, 0.4) is 0 Å². The Morgan fingerprint density at radius 3 is 2.45 bits per heavy atom. The second-order valence-corrected chi connectivity index (χ2v) is 9.41. The SMILES string of the molecule is O=C1/C(=C\c2ccc(COc3c(Br)cc(Br)cc3Br)o2)NC(=S)N1c1ccc(F)cc1. The van der Waals surface area contributed by atoms with E-state index in [0.717, 1.165) is 13.4 Å². The van der Waals surface area contributed by atoms with Crippen LogP contribution in [-0.2, 0) is 11.4 Å². The number of carbonyl (C=O) groups excluding carboxylic acids is 1. The summed E-state index contributed by atoms with van der Waals surface area (Å²) in [6, 6.07) is 12.8. The fourth-order valence-corrected chi connectivity index (χ4v) is 5.65. The number of carbonyl (C=O) groups is 1. The molecule has 2 aromatic carbocycles. The van der Waals surface area contributed by atoms with Gasteiger partial charge in [0, 0.05) is 10.5 Å². The molecule has 1 saturated heterocycles. The first kappa shape index (κ1) is 22.2. The van der Waals surface area contributed by atoms with Gasteiger partial charge in [-0.1, -0.05) is 15.9 Å². The summed E-state index contributed by atoms with van der Waals surface area (Å²) < 4.78 is 27.3. The molecule has 4 rings (SSSR count). The first-order valence-electron chi connectivity index (χ1n) is 8.80. The summed E-state index contributed by atoms with van der Waals surface area (Å²) in [5, 5.41) is 3.08. The van der Waals surface area contributed by atoms with E-state index < -0.39 is 5.82 Å². The maximum Gasteiger partial charge on any atom is 0.281 e. The molecule has 158 valence electrons. The number of ether oxygens (including phenoxy) is 1. The van der Waals surface area contributed by atoms with Gasteiger partial charge in [-0.05, 0) is 92.6 Å². The molecule has 2 heterocycles. The first-order valence-corrected chi connectivity index (χ1v) is 11.6. The Balaban J connectivity index is 1.48. The summed E-state index contributed by atoms with van der Waals surface area (Å²) >= 11 is 15.6. The second-order valence-electron chi connectivity index (χ2n) is 6.40. The molecular formula is C21H12Br3FN2O3S. The van der Waals surface area contributed by atoms with Crippen LogP contribution < -0.4 is 15.0 Å². The van der Waals surface area contributed by atoms with E-state index in [-0.39, 0.29) is 23.3 Å². The van der Waals surface area contributed by atoms with E-state index >= 15 is 0 Å². The smallest absolute Gasteiger partial charge is 0.281 e. The average Bonchev–Trinajstić information content (AvgIpc) is 3.26. The molecule has 1 amide bonds. The summed E-state index contributed by atoms with van der Waals surface area (Å²) in [6.07, 6.45) is 1.56. The van der Waals surface area contributed by atoms with Gasteiger partial charge in [-0.25, -0.2) is 4.39 Å². The Morgan fingerprint density at radius 2 is 1.77 bits per heavy atom. The molecule has 0 aliphatic carbocycles.